The maximum absolute atomic E-state index is 11.6. The number of rotatable bonds is 9. The third kappa shape index (κ3) is 5.93. The van der Waals surface area contributed by atoms with Gasteiger partial charge in [-0.1, -0.05) is 19.8 Å². The van der Waals surface area contributed by atoms with Crippen LogP contribution in [-0.4, -0.2) is 25.0 Å². The predicted molar refractivity (Wildman–Crippen MR) is 90.7 cm³/mol. The zero-order chi connectivity index (χ0) is 16.5. The van der Waals surface area contributed by atoms with Crippen LogP contribution < -0.4 is 15.4 Å². The Bertz CT molecular complexity index is 543. The monoisotopic (exact) mass is 318 g/mol. The van der Waals surface area contributed by atoms with Crippen LogP contribution in [0.2, 0.25) is 0 Å². The first-order valence-electron chi connectivity index (χ1n) is 8.51. The molecule has 5 nitrogen and oxygen atoms in total. The Morgan fingerprint density at radius 2 is 2.13 bits per heavy atom. The third-order valence-corrected chi connectivity index (χ3v) is 3.89. The van der Waals surface area contributed by atoms with E-state index in [0.29, 0.717) is 25.9 Å². The van der Waals surface area contributed by atoms with Crippen molar-refractivity contribution in [2.75, 3.05) is 18.5 Å². The fraction of sp³-hybridized carbons (Fsp3) is 0.556. The maximum atomic E-state index is 11.6. The number of ether oxygens (including phenoxy) is 1. The van der Waals surface area contributed by atoms with Crippen molar-refractivity contribution in [3.63, 3.8) is 0 Å². The average molecular weight is 318 g/mol. The summed E-state index contributed by atoms with van der Waals surface area (Å²) in [4.78, 5) is 22.9. The second-order valence-electron chi connectivity index (χ2n) is 5.88. The minimum absolute atomic E-state index is 0.0658. The lowest BCUT2D eigenvalue weighted by atomic mass is 10.0. The lowest BCUT2D eigenvalue weighted by molar-refractivity contribution is -0.121. The summed E-state index contributed by atoms with van der Waals surface area (Å²) in [7, 11) is 0. The highest BCUT2D eigenvalue weighted by Gasteiger charge is 2.14. The van der Waals surface area contributed by atoms with E-state index in [0.717, 1.165) is 49.2 Å². The van der Waals surface area contributed by atoms with Gasteiger partial charge in [0.15, 0.2) is 0 Å². The van der Waals surface area contributed by atoms with Gasteiger partial charge in [0.25, 0.3) is 0 Å². The van der Waals surface area contributed by atoms with Crippen LogP contribution in [0.4, 0.5) is 5.69 Å². The highest BCUT2D eigenvalue weighted by Crippen LogP contribution is 2.26. The normalized spacial score (nSPS) is 13.2. The summed E-state index contributed by atoms with van der Waals surface area (Å²) in [6.07, 6.45) is 5.83. The number of carbonyl (C=O) groups is 2. The zero-order valence-corrected chi connectivity index (χ0v) is 13.8. The minimum Gasteiger partial charge on any atom is -0.494 e. The summed E-state index contributed by atoms with van der Waals surface area (Å²) < 4.78 is 5.70. The second-order valence-corrected chi connectivity index (χ2v) is 5.88. The standard InChI is InChI=1S/C18H26N2O3/c1-2-3-4-11-19-17(21)6-5-12-23-15-8-9-16-14(13-15)7-10-18(22)20-16/h8-9,13H,2-7,10-12H2,1H3,(H,19,21)(H,20,22). The Morgan fingerprint density at radius 1 is 1.26 bits per heavy atom. The number of hydrogen-bond acceptors (Lipinski definition) is 3. The number of fused-ring (bicyclic) bond motifs is 1. The van der Waals surface area contributed by atoms with Gasteiger partial charge in [0.2, 0.25) is 11.8 Å². The molecule has 5 heteroatoms. The van der Waals surface area contributed by atoms with Gasteiger partial charge in [-0.3, -0.25) is 9.59 Å². The molecule has 0 unspecified atom stereocenters. The SMILES string of the molecule is CCCCCNC(=O)CCCOc1ccc2c(c1)CCC(=O)N2. The number of nitrogens with one attached hydrogen (secondary N) is 2. The molecule has 0 saturated heterocycles. The van der Waals surface area contributed by atoms with Crippen molar-refractivity contribution in [2.45, 2.75) is 51.9 Å². The first-order valence-corrected chi connectivity index (χ1v) is 8.51. The lowest BCUT2D eigenvalue weighted by Gasteiger charge is -2.17. The van der Waals surface area contributed by atoms with Gasteiger partial charge >= 0.3 is 0 Å². The van der Waals surface area contributed by atoms with Crippen molar-refractivity contribution < 1.29 is 14.3 Å². The number of carbonyl (C=O) groups excluding carboxylic acids is 2. The fourth-order valence-electron chi connectivity index (χ4n) is 2.56. The van der Waals surface area contributed by atoms with Gasteiger partial charge in [0.05, 0.1) is 6.61 Å². The quantitative estimate of drug-likeness (QED) is 0.688. The molecule has 0 aliphatic carbocycles. The molecular formula is C18H26N2O3. The molecule has 1 aliphatic heterocycles. The van der Waals surface area contributed by atoms with Gasteiger partial charge in [-0.25, -0.2) is 0 Å². The van der Waals surface area contributed by atoms with Gasteiger partial charge in [-0.2, -0.15) is 0 Å². The van der Waals surface area contributed by atoms with Crippen molar-refractivity contribution in [1.82, 2.24) is 5.32 Å². The van der Waals surface area contributed by atoms with E-state index in [-0.39, 0.29) is 11.8 Å². The molecule has 126 valence electrons. The fourth-order valence-corrected chi connectivity index (χ4v) is 2.56. The van der Waals surface area contributed by atoms with E-state index in [1.165, 1.54) is 0 Å². The van der Waals surface area contributed by atoms with Crippen LogP contribution in [-0.2, 0) is 16.0 Å². The maximum Gasteiger partial charge on any atom is 0.224 e. The van der Waals surface area contributed by atoms with Gasteiger partial charge in [-0.05, 0) is 43.0 Å². The highest BCUT2D eigenvalue weighted by atomic mass is 16.5. The van der Waals surface area contributed by atoms with Crippen molar-refractivity contribution in [1.29, 1.82) is 0 Å². The molecule has 0 radical (unpaired) electrons. The topological polar surface area (TPSA) is 67.4 Å². The molecule has 0 aromatic heterocycles. The van der Waals surface area contributed by atoms with Crippen LogP contribution in [0.3, 0.4) is 0 Å². The molecule has 1 aliphatic rings. The van der Waals surface area contributed by atoms with E-state index in [2.05, 4.69) is 17.6 Å². The molecule has 1 heterocycles. The number of benzene rings is 1. The summed E-state index contributed by atoms with van der Waals surface area (Å²) in [6, 6.07) is 5.71. The Hall–Kier alpha value is -2.04. The van der Waals surface area contributed by atoms with Crippen LogP contribution in [0, 0.1) is 0 Å². The largest absolute Gasteiger partial charge is 0.494 e. The van der Waals surface area contributed by atoms with Gasteiger partial charge in [0.1, 0.15) is 5.75 Å². The summed E-state index contributed by atoms with van der Waals surface area (Å²) in [5.41, 5.74) is 1.98. The molecule has 0 fully saturated rings. The molecule has 1 aromatic carbocycles. The van der Waals surface area contributed by atoms with Crippen molar-refractivity contribution in [2.24, 2.45) is 0 Å². The van der Waals surface area contributed by atoms with E-state index in [1.54, 1.807) is 0 Å². The van der Waals surface area contributed by atoms with E-state index in [4.69, 9.17) is 4.74 Å². The number of anilines is 1. The van der Waals surface area contributed by atoms with E-state index in [9.17, 15) is 9.59 Å². The minimum atomic E-state index is 0.0658. The smallest absolute Gasteiger partial charge is 0.224 e. The predicted octanol–water partition coefficient (Wildman–Crippen LogP) is 3.04. The molecule has 2 amide bonds. The Balaban J connectivity index is 1.65. The Labute approximate surface area is 137 Å². The number of unbranched alkanes of at least 4 members (excludes halogenated alkanes) is 2. The van der Waals surface area contributed by atoms with Crippen molar-refractivity contribution in [3.05, 3.63) is 23.8 Å². The van der Waals surface area contributed by atoms with Crippen LogP contribution in [0.5, 0.6) is 5.75 Å². The number of amides is 2. The molecule has 0 spiro atoms. The van der Waals surface area contributed by atoms with Crippen LogP contribution in [0.25, 0.3) is 0 Å². The first kappa shape index (κ1) is 17.3. The third-order valence-electron chi connectivity index (χ3n) is 3.89. The lowest BCUT2D eigenvalue weighted by Crippen LogP contribution is -2.24. The summed E-state index contributed by atoms with van der Waals surface area (Å²) in [5, 5.41) is 5.78. The molecule has 2 rings (SSSR count). The second kappa shape index (κ2) is 9.18. The molecule has 0 bridgehead atoms. The van der Waals surface area contributed by atoms with Crippen molar-refractivity contribution >= 4 is 17.5 Å². The van der Waals surface area contributed by atoms with E-state index >= 15 is 0 Å². The highest BCUT2D eigenvalue weighted by molar-refractivity contribution is 5.94. The van der Waals surface area contributed by atoms with E-state index in [1.807, 2.05) is 18.2 Å². The van der Waals surface area contributed by atoms with Gasteiger partial charge in [-0.15, -0.1) is 0 Å². The van der Waals surface area contributed by atoms with Crippen LogP contribution >= 0.6 is 0 Å². The number of aryl methyl sites for hydroxylation is 1. The van der Waals surface area contributed by atoms with Crippen molar-refractivity contribution in [3.8, 4) is 5.75 Å². The number of hydrogen-bond donors (Lipinski definition) is 2. The summed E-state index contributed by atoms with van der Waals surface area (Å²) >= 11 is 0. The molecule has 0 atom stereocenters. The van der Waals surface area contributed by atoms with Crippen LogP contribution in [0.1, 0.15) is 51.0 Å². The Morgan fingerprint density at radius 3 is 2.96 bits per heavy atom. The molecule has 2 N–H and O–H groups in total. The zero-order valence-electron chi connectivity index (χ0n) is 13.8. The average Bonchev–Trinajstić information content (AvgIpc) is 2.55. The summed E-state index contributed by atoms with van der Waals surface area (Å²) in [6.45, 7) is 3.44. The molecule has 0 saturated carbocycles. The molecular weight excluding hydrogens is 292 g/mol. The summed E-state index contributed by atoms with van der Waals surface area (Å²) in [5.74, 6) is 0.956. The van der Waals surface area contributed by atoms with E-state index < -0.39 is 0 Å². The first-order chi connectivity index (χ1) is 11.2. The Kier molecular flexibility index (Phi) is 6.91. The van der Waals surface area contributed by atoms with Crippen LogP contribution in [0.15, 0.2) is 18.2 Å². The van der Waals surface area contributed by atoms with Gasteiger partial charge in [0, 0.05) is 25.1 Å². The molecule has 23 heavy (non-hydrogen) atoms. The van der Waals surface area contributed by atoms with Gasteiger partial charge < -0.3 is 15.4 Å². The molecule has 1 aromatic rings.